The van der Waals surface area contributed by atoms with Gasteiger partial charge in [-0.15, -0.1) is 0 Å². The van der Waals surface area contributed by atoms with E-state index in [1.165, 1.54) is 25.7 Å². The summed E-state index contributed by atoms with van der Waals surface area (Å²) in [5.74, 6) is 0.997. The molecule has 4 nitrogen and oxygen atoms in total. The summed E-state index contributed by atoms with van der Waals surface area (Å²) in [5.41, 5.74) is 10.5. The Morgan fingerprint density at radius 1 is 1.19 bits per heavy atom. The number of guanidine groups is 1. The Morgan fingerprint density at radius 2 is 1.88 bits per heavy atom. The average Bonchev–Trinajstić information content (AvgIpc) is 2.26. The third kappa shape index (κ3) is 11.3. The van der Waals surface area contributed by atoms with Crippen LogP contribution in [0.1, 0.15) is 46.0 Å². The number of unbranched alkanes of at least 4 members (excludes halogenated alkanes) is 3. The fourth-order valence-electron chi connectivity index (χ4n) is 1.42. The first-order valence-corrected chi connectivity index (χ1v) is 6.43. The SMILES string of the molecule is CCC(C)CNCCCCCCN=C(N)N. The van der Waals surface area contributed by atoms with Crippen molar-refractivity contribution in [1.82, 2.24) is 5.32 Å². The van der Waals surface area contributed by atoms with Crippen LogP contribution in [0, 0.1) is 5.92 Å². The van der Waals surface area contributed by atoms with Crippen molar-refractivity contribution in [1.29, 1.82) is 0 Å². The van der Waals surface area contributed by atoms with E-state index in [9.17, 15) is 0 Å². The summed E-state index contributed by atoms with van der Waals surface area (Å²) in [6.45, 7) is 7.55. The summed E-state index contributed by atoms with van der Waals surface area (Å²) in [5, 5.41) is 3.48. The number of hydrogen-bond donors (Lipinski definition) is 3. The predicted octanol–water partition coefficient (Wildman–Crippen LogP) is 1.46. The normalized spacial score (nSPS) is 12.4. The fraction of sp³-hybridized carbons (Fsp3) is 0.917. The zero-order valence-corrected chi connectivity index (χ0v) is 10.8. The van der Waals surface area contributed by atoms with E-state index in [2.05, 4.69) is 24.2 Å². The molecule has 0 aliphatic rings. The molecule has 16 heavy (non-hydrogen) atoms. The first kappa shape index (κ1) is 15.2. The minimum Gasteiger partial charge on any atom is -0.370 e. The zero-order chi connectivity index (χ0) is 12.2. The quantitative estimate of drug-likeness (QED) is 0.301. The van der Waals surface area contributed by atoms with E-state index in [1.807, 2.05) is 0 Å². The maximum Gasteiger partial charge on any atom is 0.185 e. The number of nitrogens with one attached hydrogen (secondary N) is 1. The number of nitrogens with two attached hydrogens (primary N) is 2. The molecule has 1 unspecified atom stereocenters. The largest absolute Gasteiger partial charge is 0.370 e. The summed E-state index contributed by atoms with van der Waals surface area (Å²) in [4.78, 5) is 3.95. The van der Waals surface area contributed by atoms with Gasteiger partial charge in [-0.05, 0) is 31.8 Å². The Hall–Kier alpha value is -0.770. The van der Waals surface area contributed by atoms with Gasteiger partial charge in [-0.3, -0.25) is 4.99 Å². The molecule has 0 rings (SSSR count). The molecule has 0 fully saturated rings. The van der Waals surface area contributed by atoms with Crippen LogP contribution in [-0.2, 0) is 0 Å². The highest BCUT2D eigenvalue weighted by atomic mass is 15.0. The van der Waals surface area contributed by atoms with Gasteiger partial charge in [-0.2, -0.15) is 0 Å². The number of rotatable bonds is 10. The lowest BCUT2D eigenvalue weighted by molar-refractivity contribution is 0.488. The summed E-state index contributed by atoms with van der Waals surface area (Å²) in [6.07, 6.45) is 6.06. The second kappa shape index (κ2) is 10.7. The molecule has 0 bridgehead atoms. The van der Waals surface area contributed by atoms with Crippen molar-refractivity contribution < 1.29 is 0 Å². The third-order valence-electron chi connectivity index (χ3n) is 2.75. The maximum atomic E-state index is 5.23. The van der Waals surface area contributed by atoms with Crippen LogP contribution in [0.3, 0.4) is 0 Å². The molecule has 0 aromatic heterocycles. The van der Waals surface area contributed by atoms with Gasteiger partial charge in [0.2, 0.25) is 0 Å². The van der Waals surface area contributed by atoms with Gasteiger partial charge in [0.1, 0.15) is 0 Å². The molecule has 0 heterocycles. The second-order valence-electron chi connectivity index (χ2n) is 4.44. The molecule has 96 valence electrons. The molecule has 0 radical (unpaired) electrons. The molecule has 1 atom stereocenters. The molecule has 0 aromatic carbocycles. The smallest absolute Gasteiger partial charge is 0.185 e. The van der Waals surface area contributed by atoms with E-state index in [4.69, 9.17) is 11.5 Å². The van der Waals surface area contributed by atoms with Crippen LogP contribution in [0.4, 0.5) is 0 Å². The lowest BCUT2D eigenvalue weighted by Gasteiger charge is -2.09. The molecule has 0 saturated carbocycles. The molecular formula is C12H28N4. The van der Waals surface area contributed by atoms with Crippen molar-refractivity contribution in [3.8, 4) is 0 Å². The predicted molar refractivity (Wildman–Crippen MR) is 71.5 cm³/mol. The minimum atomic E-state index is 0.204. The third-order valence-corrected chi connectivity index (χ3v) is 2.75. The molecule has 0 saturated heterocycles. The van der Waals surface area contributed by atoms with Crippen LogP contribution in [0.15, 0.2) is 4.99 Å². The standard InChI is InChI=1S/C12H28N4/c1-3-11(2)10-15-8-6-4-5-7-9-16-12(13)14/h11,15H,3-10H2,1-2H3,(H4,13,14,16). The summed E-state index contributed by atoms with van der Waals surface area (Å²) >= 11 is 0. The van der Waals surface area contributed by atoms with E-state index >= 15 is 0 Å². The van der Waals surface area contributed by atoms with Gasteiger partial charge in [0.05, 0.1) is 0 Å². The topological polar surface area (TPSA) is 76.4 Å². The molecule has 5 N–H and O–H groups in total. The van der Waals surface area contributed by atoms with Crippen molar-refractivity contribution in [3.05, 3.63) is 0 Å². The number of hydrogen-bond acceptors (Lipinski definition) is 2. The minimum absolute atomic E-state index is 0.204. The highest BCUT2D eigenvalue weighted by molar-refractivity contribution is 5.75. The lowest BCUT2D eigenvalue weighted by Crippen LogP contribution is -2.23. The maximum absolute atomic E-state index is 5.23. The van der Waals surface area contributed by atoms with Gasteiger partial charge in [0.25, 0.3) is 0 Å². The molecule has 0 aliphatic carbocycles. The van der Waals surface area contributed by atoms with Crippen LogP contribution < -0.4 is 16.8 Å². The Balaban J connectivity index is 3.07. The fourth-order valence-corrected chi connectivity index (χ4v) is 1.42. The van der Waals surface area contributed by atoms with Crippen LogP contribution in [-0.4, -0.2) is 25.6 Å². The van der Waals surface area contributed by atoms with E-state index in [1.54, 1.807) is 0 Å². The highest BCUT2D eigenvalue weighted by Crippen LogP contribution is 2.00. The Morgan fingerprint density at radius 3 is 2.50 bits per heavy atom. The van der Waals surface area contributed by atoms with E-state index < -0.39 is 0 Å². The summed E-state index contributed by atoms with van der Waals surface area (Å²) < 4.78 is 0. The van der Waals surface area contributed by atoms with E-state index in [-0.39, 0.29) is 5.96 Å². The van der Waals surface area contributed by atoms with Crippen LogP contribution in [0.2, 0.25) is 0 Å². The van der Waals surface area contributed by atoms with E-state index in [0.29, 0.717) is 0 Å². The van der Waals surface area contributed by atoms with Gasteiger partial charge in [0, 0.05) is 6.54 Å². The van der Waals surface area contributed by atoms with Gasteiger partial charge in [-0.1, -0.05) is 33.1 Å². The Bertz CT molecular complexity index is 176. The molecule has 0 aliphatic heterocycles. The highest BCUT2D eigenvalue weighted by Gasteiger charge is 1.96. The molecular weight excluding hydrogens is 200 g/mol. The first-order valence-electron chi connectivity index (χ1n) is 6.43. The average molecular weight is 228 g/mol. The van der Waals surface area contributed by atoms with Gasteiger partial charge in [0.15, 0.2) is 5.96 Å². The van der Waals surface area contributed by atoms with E-state index in [0.717, 1.165) is 32.0 Å². The van der Waals surface area contributed by atoms with Crippen molar-refractivity contribution >= 4 is 5.96 Å². The van der Waals surface area contributed by atoms with Crippen LogP contribution in [0.5, 0.6) is 0 Å². The van der Waals surface area contributed by atoms with Crippen LogP contribution in [0.25, 0.3) is 0 Å². The van der Waals surface area contributed by atoms with Crippen molar-refractivity contribution in [2.45, 2.75) is 46.0 Å². The lowest BCUT2D eigenvalue weighted by atomic mass is 10.1. The van der Waals surface area contributed by atoms with Gasteiger partial charge < -0.3 is 16.8 Å². The molecule has 0 aromatic rings. The Labute approximate surface area is 99.9 Å². The molecule has 0 spiro atoms. The zero-order valence-electron chi connectivity index (χ0n) is 10.8. The van der Waals surface area contributed by atoms with Crippen molar-refractivity contribution in [2.24, 2.45) is 22.4 Å². The van der Waals surface area contributed by atoms with Crippen molar-refractivity contribution in [3.63, 3.8) is 0 Å². The number of nitrogens with zero attached hydrogens (tertiary/aromatic N) is 1. The van der Waals surface area contributed by atoms with Crippen LogP contribution >= 0.6 is 0 Å². The number of aliphatic imine (C=N–C) groups is 1. The second-order valence-corrected chi connectivity index (χ2v) is 4.44. The summed E-state index contributed by atoms with van der Waals surface area (Å²) in [6, 6.07) is 0. The monoisotopic (exact) mass is 228 g/mol. The Kier molecular flexibility index (Phi) is 10.2. The first-order chi connectivity index (χ1) is 7.66. The molecule has 0 amide bonds. The summed E-state index contributed by atoms with van der Waals surface area (Å²) in [7, 11) is 0. The molecule has 4 heteroatoms. The van der Waals surface area contributed by atoms with Crippen molar-refractivity contribution in [2.75, 3.05) is 19.6 Å². The van der Waals surface area contributed by atoms with Gasteiger partial charge in [-0.25, -0.2) is 0 Å². The van der Waals surface area contributed by atoms with Gasteiger partial charge >= 0.3 is 0 Å².